The summed E-state index contributed by atoms with van der Waals surface area (Å²) in [6, 6.07) is 51.6. The molecular weight excluding hydrogens is 1280 g/mol. The average Bonchev–Trinajstić information content (AvgIpc) is 1.71. The first-order chi connectivity index (χ1) is 47.5. The summed E-state index contributed by atoms with van der Waals surface area (Å²) in [5.41, 5.74) is 3.55. The van der Waals surface area contributed by atoms with Crippen LogP contribution in [0.5, 0.6) is 0 Å². The molecule has 17 atom stereocenters. The minimum absolute atomic E-state index is 0.0483. The van der Waals surface area contributed by atoms with Gasteiger partial charge in [0.1, 0.15) is 48.7 Å². The van der Waals surface area contributed by atoms with Crippen LogP contribution in [0.15, 0.2) is 175 Å². The third kappa shape index (κ3) is 15.8. The number of Topliss-reactive ketones (excluding diaryl/α,β-unsaturated/α-hetero) is 2. The lowest BCUT2D eigenvalue weighted by Gasteiger charge is -2.53. The van der Waals surface area contributed by atoms with Crippen molar-refractivity contribution in [2.75, 3.05) is 13.2 Å². The molecule has 0 radical (unpaired) electrons. The summed E-state index contributed by atoms with van der Waals surface area (Å²) in [6.45, 7) is 26.7. The van der Waals surface area contributed by atoms with Gasteiger partial charge in [0.05, 0.1) is 67.1 Å². The second-order valence-corrected chi connectivity index (χ2v) is 40.0. The van der Waals surface area contributed by atoms with E-state index in [-0.39, 0.29) is 111 Å². The van der Waals surface area contributed by atoms with Gasteiger partial charge in [0, 0.05) is 38.5 Å². The standard InChI is InChI=1S/C83H106O14Si2/c1-12-75(86)88-52-68-54(3)45-61-40-42-69-55(4)46-60(90-69)39-38-58(84)49-74-77(96-98(82(6,7)8,63-30-20-14-21-31-63)64-32-22-15-23-33-64)78-79(95-74)80(97-99(83(9,10)11,65-34-24-16-25-35-65)66-36-26-17-27-37-66)76-70(94-78)43-41-62(92-76)47-59(85)48-67-56(5)71(93-72(67)50-73(68)91-61)44-53(2)51-89-81(87)57-28-18-13-19-29-57/h13-37,53,56,60-62,67,69-74,76-80H,4,12,38-52H2,1-3,5-11H3/t53-,56+,60-,61-,62+,67?,69?,70-,71+,72-,73?,74?,76-,77-,78-,79+,80-/m0/s1. The fourth-order valence-corrected chi connectivity index (χ4v) is 26.9. The van der Waals surface area contributed by atoms with Gasteiger partial charge in [0.2, 0.25) is 0 Å². The monoisotopic (exact) mass is 1380 g/mol. The molecule has 99 heavy (non-hydrogen) atoms. The highest BCUT2D eigenvalue weighted by Gasteiger charge is 2.65. The lowest BCUT2D eigenvalue weighted by molar-refractivity contribution is -0.254. The largest absolute Gasteiger partial charge is 0.462 e. The Hall–Kier alpha value is -6.03. The van der Waals surface area contributed by atoms with Crippen LogP contribution < -0.4 is 20.7 Å². The van der Waals surface area contributed by atoms with Gasteiger partial charge in [-0.3, -0.25) is 14.4 Å². The molecule has 14 nitrogen and oxygen atoms in total. The highest BCUT2D eigenvalue weighted by atomic mass is 28.4. The molecule has 6 fully saturated rings. The van der Waals surface area contributed by atoms with E-state index in [0.717, 1.165) is 37.5 Å². The smallest absolute Gasteiger partial charge is 0.338 e. The SMILES string of the molecule is C=C1C[C@@H]2CCC(=O)CC3O[C@H]4[C@@H](O[Si](c5ccccc5)(c5ccccc5)C(C)(C)C)[C@H]5O[C@H](CC[C@@H]5O[C@H]4[C@H]3O[Si](c3ccccc3)(c3ccccc3)C(C)(C)C)CC(=O)CC3[C@H](CC4O[C@@H](CCC1O2)CC(C)=C4COC(=O)CC)O[C@H](C[C@H](C)COC(=O)c1ccccc1)[C@@H]3C. The third-order valence-electron chi connectivity index (χ3n) is 22.6. The van der Waals surface area contributed by atoms with Crippen molar-refractivity contribution in [3.63, 3.8) is 0 Å². The van der Waals surface area contributed by atoms with E-state index in [0.29, 0.717) is 63.4 Å². The fourth-order valence-electron chi connectivity index (χ4n) is 17.5. The lowest BCUT2D eigenvalue weighted by atomic mass is 9.79. The molecule has 16 heteroatoms. The Labute approximate surface area is 589 Å². The van der Waals surface area contributed by atoms with Gasteiger partial charge in [-0.25, -0.2) is 4.79 Å². The van der Waals surface area contributed by atoms with Crippen LogP contribution in [0.25, 0.3) is 0 Å². The Bertz CT molecular complexity index is 3510. The maximum Gasteiger partial charge on any atom is 0.338 e. The number of hydrogen-bond acceptors (Lipinski definition) is 14. The van der Waals surface area contributed by atoms with Crippen LogP contribution in [-0.2, 0) is 61.1 Å². The molecule has 5 aromatic carbocycles. The van der Waals surface area contributed by atoms with Crippen molar-refractivity contribution in [3.8, 4) is 0 Å². The molecule has 7 heterocycles. The van der Waals surface area contributed by atoms with Crippen molar-refractivity contribution in [2.45, 2.75) is 255 Å². The van der Waals surface area contributed by atoms with E-state index in [4.69, 9.17) is 46.7 Å². The number of ketones is 2. The van der Waals surface area contributed by atoms with E-state index in [9.17, 15) is 9.59 Å². The average molecular weight is 1380 g/mol. The normalized spacial score (nSPS) is 30.7. The summed E-state index contributed by atoms with van der Waals surface area (Å²) in [6.07, 6.45) is -0.719. The molecule has 12 rings (SSSR count). The number of esters is 2. The first-order valence-corrected chi connectivity index (χ1v) is 40.6. The zero-order valence-corrected chi connectivity index (χ0v) is 62.0. The van der Waals surface area contributed by atoms with E-state index >= 15 is 9.59 Å². The molecule has 0 N–H and O–H groups in total. The fraction of sp³-hybridized carbons (Fsp3) is 0.542. The number of carbonyl (C=O) groups excluding carboxylic acids is 4. The molecule has 5 aromatic rings. The molecule has 0 aliphatic carbocycles. The quantitative estimate of drug-likeness (QED) is 0.0521. The molecule has 0 amide bonds. The van der Waals surface area contributed by atoms with Crippen LogP contribution in [0, 0.1) is 17.8 Å². The molecule has 7 aliphatic rings. The maximum atomic E-state index is 15.5. The number of ether oxygens (including phenoxy) is 8. The molecule has 530 valence electrons. The van der Waals surface area contributed by atoms with Crippen molar-refractivity contribution in [2.24, 2.45) is 17.8 Å². The molecule has 8 bridgehead atoms. The highest BCUT2D eigenvalue weighted by Crippen LogP contribution is 2.50. The van der Waals surface area contributed by atoms with Crippen LogP contribution in [0.2, 0.25) is 10.1 Å². The summed E-state index contributed by atoms with van der Waals surface area (Å²) >= 11 is 0. The Morgan fingerprint density at radius 2 is 1.06 bits per heavy atom. The second-order valence-electron chi connectivity index (χ2n) is 31.5. The third-order valence-corrected chi connectivity index (χ3v) is 32.7. The van der Waals surface area contributed by atoms with Gasteiger partial charge in [-0.1, -0.05) is 214 Å². The van der Waals surface area contributed by atoms with E-state index in [2.05, 4.69) is 190 Å². The van der Waals surface area contributed by atoms with Gasteiger partial charge in [0.15, 0.2) is 0 Å². The second kappa shape index (κ2) is 31.3. The summed E-state index contributed by atoms with van der Waals surface area (Å²) in [7, 11) is -6.80. The Morgan fingerprint density at radius 3 is 1.64 bits per heavy atom. The van der Waals surface area contributed by atoms with Crippen molar-refractivity contribution in [1.82, 2.24) is 0 Å². The van der Waals surface area contributed by atoms with Gasteiger partial charge in [-0.05, 0) is 130 Å². The number of carbonyl (C=O) groups is 4. The molecule has 0 spiro atoms. The van der Waals surface area contributed by atoms with Gasteiger partial charge >= 0.3 is 11.9 Å². The molecule has 6 saturated heterocycles. The van der Waals surface area contributed by atoms with Crippen LogP contribution >= 0.6 is 0 Å². The Morgan fingerprint density at radius 1 is 0.545 bits per heavy atom. The zero-order chi connectivity index (χ0) is 69.8. The van der Waals surface area contributed by atoms with Crippen molar-refractivity contribution in [1.29, 1.82) is 0 Å². The summed E-state index contributed by atoms with van der Waals surface area (Å²) < 4.78 is 72.8. The van der Waals surface area contributed by atoms with Crippen LogP contribution in [0.3, 0.4) is 0 Å². The van der Waals surface area contributed by atoms with Crippen LogP contribution in [0.1, 0.15) is 169 Å². The summed E-state index contributed by atoms with van der Waals surface area (Å²) in [4.78, 5) is 56.8. The molecule has 7 aliphatic heterocycles. The molecule has 0 saturated carbocycles. The van der Waals surface area contributed by atoms with Crippen LogP contribution in [-0.4, -0.2) is 139 Å². The number of hydrogen-bond donors (Lipinski definition) is 0. The summed E-state index contributed by atoms with van der Waals surface area (Å²) in [5.74, 6) is -0.888. The number of fused-ring (bicyclic) bond motifs is 7. The van der Waals surface area contributed by atoms with Gasteiger partial charge in [-0.2, -0.15) is 0 Å². The molecule has 4 unspecified atom stereocenters. The Balaban J connectivity index is 0.933. The lowest BCUT2D eigenvalue weighted by Crippen LogP contribution is -2.73. The first-order valence-electron chi connectivity index (χ1n) is 36.8. The topological polar surface area (TPSA) is 161 Å². The van der Waals surface area contributed by atoms with Crippen molar-refractivity contribution in [3.05, 3.63) is 181 Å². The van der Waals surface area contributed by atoms with E-state index < -0.39 is 87.8 Å². The van der Waals surface area contributed by atoms with Gasteiger partial charge in [0.25, 0.3) is 16.6 Å². The van der Waals surface area contributed by atoms with Crippen molar-refractivity contribution < 1.29 is 65.9 Å². The van der Waals surface area contributed by atoms with Crippen LogP contribution in [0.4, 0.5) is 0 Å². The highest BCUT2D eigenvalue weighted by molar-refractivity contribution is 7.00. The first kappa shape index (κ1) is 72.8. The predicted molar refractivity (Wildman–Crippen MR) is 389 cm³/mol. The minimum atomic E-state index is -3.43. The van der Waals surface area contributed by atoms with Gasteiger partial charge < -0.3 is 46.7 Å². The minimum Gasteiger partial charge on any atom is -0.462 e. The number of benzene rings is 5. The maximum absolute atomic E-state index is 15.5. The van der Waals surface area contributed by atoms with E-state index in [1.807, 2.05) is 18.2 Å². The summed E-state index contributed by atoms with van der Waals surface area (Å²) in [5, 5.41) is 3.54. The van der Waals surface area contributed by atoms with Crippen molar-refractivity contribution >= 4 is 60.9 Å². The number of rotatable bonds is 16. The molecule has 0 aromatic heterocycles. The molecular formula is C83H106O14Si2. The van der Waals surface area contributed by atoms with E-state index in [1.54, 1.807) is 19.1 Å². The van der Waals surface area contributed by atoms with E-state index in [1.165, 1.54) is 0 Å². The van der Waals surface area contributed by atoms with Gasteiger partial charge in [-0.15, -0.1) is 0 Å². The zero-order valence-electron chi connectivity index (χ0n) is 60.0. The Kier molecular flexibility index (Phi) is 23.0. The predicted octanol–water partition coefficient (Wildman–Crippen LogP) is 13.3.